The lowest BCUT2D eigenvalue weighted by Crippen LogP contribution is -2.29. The van der Waals surface area contributed by atoms with Crippen molar-refractivity contribution in [2.24, 2.45) is 0 Å². The number of para-hydroxylation sites is 1. The van der Waals surface area contributed by atoms with Crippen molar-refractivity contribution in [3.8, 4) is 0 Å². The monoisotopic (exact) mass is 381 g/mol. The normalized spacial score (nSPS) is 10.9. The highest BCUT2D eigenvalue weighted by Crippen LogP contribution is 2.17. The molecule has 0 saturated carbocycles. The van der Waals surface area contributed by atoms with E-state index < -0.39 is 0 Å². The fourth-order valence-electron chi connectivity index (χ4n) is 2.80. The maximum atomic E-state index is 12.5. The lowest BCUT2D eigenvalue weighted by atomic mass is 10.1. The first-order valence-electron chi connectivity index (χ1n) is 8.95. The molecular weight excluding hydrogens is 358 g/mol. The Kier molecular flexibility index (Phi) is 6.29. The van der Waals surface area contributed by atoms with Crippen LogP contribution in [0, 0.1) is 13.8 Å². The van der Waals surface area contributed by atoms with Crippen molar-refractivity contribution in [2.75, 3.05) is 12.3 Å². The smallest absolute Gasteiger partial charge is 0.261 e. The van der Waals surface area contributed by atoms with Crippen LogP contribution in [0.15, 0.2) is 58.5 Å². The maximum absolute atomic E-state index is 12.5. The first-order chi connectivity index (χ1) is 13.0. The zero-order valence-corrected chi connectivity index (χ0v) is 16.4. The number of fused-ring (bicyclic) bond motifs is 1. The number of nitrogens with one attached hydrogen (secondary N) is 1. The number of rotatable bonds is 7. The summed E-state index contributed by atoms with van der Waals surface area (Å²) in [6, 6.07) is 13.9. The summed E-state index contributed by atoms with van der Waals surface area (Å²) >= 11 is 1.71. The molecule has 0 spiro atoms. The summed E-state index contributed by atoms with van der Waals surface area (Å²) in [6.07, 6.45) is 1.78. The van der Waals surface area contributed by atoms with E-state index in [0.717, 1.165) is 16.8 Å². The molecule has 0 aliphatic heterocycles. The third-order valence-electron chi connectivity index (χ3n) is 4.35. The van der Waals surface area contributed by atoms with Gasteiger partial charge in [-0.25, -0.2) is 4.98 Å². The Labute approximate surface area is 162 Å². The molecule has 1 amide bonds. The molecule has 2 aromatic carbocycles. The third kappa shape index (κ3) is 4.98. The first-order valence-corrected chi connectivity index (χ1v) is 9.94. The van der Waals surface area contributed by atoms with Gasteiger partial charge >= 0.3 is 0 Å². The molecule has 0 atom stereocenters. The van der Waals surface area contributed by atoms with E-state index in [0.29, 0.717) is 18.5 Å². The molecule has 3 rings (SSSR count). The van der Waals surface area contributed by atoms with Crippen LogP contribution < -0.4 is 10.9 Å². The summed E-state index contributed by atoms with van der Waals surface area (Å²) in [7, 11) is 0. The summed E-state index contributed by atoms with van der Waals surface area (Å²) in [6.45, 7) is 4.92. The number of aromatic nitrogens is 2. The highest BCUT2D eigenvalue weighted by Gasteiger charge is 2.07. The molecule has 0 bridgehead atoms. The Hall–Kier alpha value is -2.60. The van der Waals surface area contributed by atoms with Crippen LogP contribution in [0.25, 0.3) is 10.9 Å². The van der Waals surface area contributed by atoms with E-state index in [2.05, 4.69) is 41.5 Å². The molecule has 1 aromatic heterocycles. The highest BCUT2D eigenvalue weighted by atomic mass is 32.2. The van der Waals surface area contributed by atoms with Crippen LogP contribution in [0.1, 0.15) is 17.5 Å². The minimum absolute atomic E-state index is 0.0595. The van der Waals surface area contributed by atoms with Crippen LogP contribution >= 0.6 is 11.8 Å². The number of nitrogens with zero attached hydrogens (tertiary/aromatic N) is 2. The number of hydrogen-bond acceptors (Lipinski definition) is 4. The summed E-state index contributed by atoms with van der Waals surface area (Å²) < 4.78 is 1.50. The van der Waals surface area contributed by atoms with Gasteiger partial charge < -0.3 is 5.32 Å². The number of carbonyl (C=O) groups excluding carboxylic acids is 1. The second-order valence-corrected chi connectivity index (χ2v) is 7.64. The lowest BCUT2D eigenvalue weighted by molar-refractivity contribution is -0.121. The fraction of sp³-hybridized carbons (Fsp3) is 0.286. The van der Waals surface area contributed by atoms with E-state index in [-0.39, 0.29) is 17.9 Å². The SMILES string of the molecule is Cc1ccc(SCCNC(=O)CCn2cnc3c(C)cccc3c2=O)cc1. The van der Waals surface area contributed by atoms with Crippen molar-refractivity contribution in [3.63, 3.8) is 0 Å². The number of carbonyl (C=O) groups is 1. The first kappa shape index (κ1) is 19.2. The van der Waals surface area contributed by atoms with E-state index in [1.807, 2.05) is 19.1 Å². The molecule has 140 valence electrons. The predicted octanol–water partition coefficient (Wildman–Crippen LogP) is 3.31. The Morgan fingerprint density at radius 3 is 2.70 bits per heavy atom. The Bertz CT molecular complexity index is 996. The van der Waals surface area contributed by atoms with Crippen molar-refractivity contribution in [1.29, 1.82) is 0 Å². The summed E-state index contributed by atoms with van der Waals surface area (Å²) in [5, 5.41) is 3.49. The van der Waals surface area contributed by atoms with Crippen molar-refractivity contribution in [2.45, 2.75) is 31.7 Å². The number of benzene rings is 2. The average Bonchev–Trinajstić information content (AvgIpc) is 2.67. The van der Waals surface area contributed by atoms with Crippen LogP contribution in [0.3, 0.4) is 0 Å². The molecule has 0 fully saturated rings. The van der Waals surface area contributed by atoms with Crippen molar-refractivity contribution < 1.29 is 4.79 Å². The Morgan fingerprint density at radius 2 is 1.93 bits per heavy atom. The van der Waals surface area contributed by atoms with Crippen molar-refractivity contribution >= 4 is 28.6 Å². The van der Waals surface area contributed by atoms with E-state index in [4.69, 9.17) is 0 Å². The Morgan fingerprint density at radius 1 is 1.15 bits per heavy atom. The number of amides is 1. The molecule has 27 heavy (non-hydrogen) atoms. The molecule has 0 aliphatic carbocycles. The van der Waals surface area contributed by atoms with Gasteiger partial charge in [0, 0.05) is 30.2 Å². The maximum Gasteiger partial charge on any atom is 0.261 e. The number of thioether (sulfide) groups is 1. The molecule has 5 nitrogen and oxygen atoms in total. The Balaban J connectivity index is 1.48. The van der Waals surface area contributed by atoms with Crippen molar-refractivity contribution in [3.05, 3.63) is 70.3 Å². The molecule has 0 unspecified atom stereocenters. The molecule has 0 saturated heterocycles. The van der Waals surface area contributed by atoms with Gasteiger partial charge in [-0.3, -0.25) is 14.2 Å². The lowest BCUT2D eigenvalue weighted by Gasteiger charge is -2.08. The zero-order valence-electron chi connectivity index (χ0n) is 15.6. The molecule has 1 N–H and O–H groups in total. The van der Waals surface area contributed by atoms with Gasteiger partial charge in [0.1, 0.15) is 0 Å². The minimum Gasteiger partial charge on any atom is -0.355 e. The molecule has 3 aromatic rings. The van der Waals surface area contributed by atoms with Crippen LogP contribution in [0.5, 0.6) is 0 Å². The molecule has 1 heterocycles. The van der Waals surface area contributed by atoms with Gasteiger partial charge in [0.15, 0.2) is 0 Å². The standard InChI is InChI=1S/C21H23N3O2S/c1-15-6-8-17(9-7-15)27-13-11-22-19(25)10-12-24-14-23-20-16(2)4-3-5-18(20)21(24)26/h3-9,14H,10-13H2,1-2H3,(H,22,25). The number of hydrogen-bond donors (Lipinski definition) is 1. The van der Waals surface area contributed by atoms with Gasteiger partial charge in [-0.2, -0.15) is 0 Å². The van der Waals surface area contributed by atoms with Gasteiger partial charge in [-0.05, 0) is 37.6 Å². The van der Waals surface area contributed by atoms with E-state index in [1.54, 1.807) is 17.8 Å². The molecular formula is C21H23N3O2S. The number of aryl methyl sites for hydroxylation is 3. The molecule has 0 radical (unpaired) electrons. The predicted molar refractivity (Wildman–Crippen MR) is 110 cm³/mol. The van der Waals surface area contributed by atoms with Gasteiger partial charge in [-0.15, -0.1) is 11.8 Å². The van der Waals surface area contributed by atoms with Crippen LogP contribution in [0.4, 0.5) is 0 Å². The highest BCUT2D eigenvalue weighted by molar-refractivity contribution is 7.99. The zero-order chi connectivity index (χ0) is 19.2. The van der Waals surface area contributed by atoms with Crippen LogP contribution in [0.2, 0.25) is 0 Å². The van der Waals surface area contributed by atoms with Crippen LogP contribution in [-0.4, -0.2) is 27.8 Å². The minimum atomic E-state index is -0.105. The molecule has 0 aliphatic rings. The second kappa shape index (κ2) is 8.86. The largest absolute Gasteiger partial charge is 0.355 e. The van der Waals surface area contributed by atoms with E-state index in [9.17, 15) is 9.59 Å². The van der Waals surface area contributed by atoms with Gasteiger partial charge in [0.2, 0.25) is 5.91 Å². The quantitative estimate of drug-likeness (QED) is 0.504. The van der Waals surface area contributed by atoms with Gasteiger partial charge in [0.05, 0.1) is 17.2 Å². The summed E-state index contributed by atoms with van der Waals surface area (Å²) in [4.78, 5) is 30.1. The van der Waals surface area contributed by atoms with E-state index in [1.165, 1.54) is 21.4 Å². The summed E-state index contributed by atoms with van der Waals surface area (Å²) in [5.41, 5.74) is 2.82. The summed E-state index contributed by atoms with van der Waals surface area (Å²) in [5.74, 6) is 0.752. The third-order valence-corrected chi connectivity index (χ3v) is 5.36. The van der Waals surface area contributed by atoms with E-state index >= 15 is 0 Å². The van der Waals surface area contributed by atoms with Crippen LogP contribution in [-0.2, 0) is 11.3 Å². The van der Waals surface area contributed by atoms with Gasteiger partial charge in [0.25, 0.3) is 5.56 Å². The fourth-order valence-corrected chi connectivity index (χ4v) is 3.57. The topological polar surface area (TPSA) is 64.0 Å². The molecule has 6 heteroatoms. The van der Waals surface area contributed by atoms with Crippen molar-refractivity contribution in [1.82, 2.24) is 14.9 Å². The second-order valence-electron chi connectivity index (χ2n) is 6.48. The average molecular weight is 382 g/mol. The van der Waals surface area contributed by atoms with Gasteiger partial charge in [-0.1, -0.05) is 29.8 Å².